The summed E-state index contributed by atoms with van der Waals surface area (Å²) in [6.45, 7) is 0.343. The number of amides is 1. The van der Waals surface area contributed by atoms with E-state index in [1.54, 1.807) is 30.5 Å². The number of aromatic nitrogens is 7. The lowest BCUT2D eigenvalue weighted by Crippen LogP contribution is -2.23. The molecule has 0 fully saturated rings. The number of nitrogens with one attached hydrogen (secondary N) is 2. The fourth-order valence-corrected chi connectivity index (χ4v) is 2.35. The molecule has 118 valence electrons. The highest BCUT2D eigenvalue weighted by molar-refractivity contribution is 5.94. The number of fused-ring (bicyclic) bond motifs is 1. The molecular formula is C15H12N8O. The average Bonchev–Trinajstić information content (AvgIpc) is 3.30. The van der Waals surface area contributed by atoms with Crippen molar-refractivity contribution in [3.05, 3.63) is 60.2 Å². The number of aromatic amines is 1. The van der Waals surface area contributed by atoms with Crippen LogP contribution in [-0.2, 0) is 6.54 Å². The molecule has 0 bridgehead atoms. The van der Waals surface area contributed by atoms with E-state index in [1.807, 2.05) is 12.1 Å². The molecule has 9 heteroatoms. The maximum Gasteiger partial charge on any atom is 0.251 e. The number of carbonyl (C=O) groups excluding carboxylic acids is 1. The monoisotopic (exact) mass is 320 g/mol. The maximum atomic E-state index is 12.3. The largest absolute Gasteiger partial charge is 0.346 e. The predicted octanol–water partition coefficient (Wildman–Crippen LogP) is 0.864. The van der Waals surface area contributed by atoms with Gasteiger partial charge >= 0.3 is 0 Å². The molecule has 4 rings (SSSR count). The highest BCUT2D eigenvalue weighted by atomic mass is 16.1. The first-order valence-electron chi connectivity index (χ1n) is 7.21. The lowest BCUT2D eigenvalue weighted by atomic mass is 10.2. The minimum absolute atomic E-state index is 0.176. The van der Waals surface area contributed by atoms with Crippen LogP contribution >= 0.6 is 0 Å². The molecule has 9 nitrogen and oxygen atoms in total. The third-order valence-electron chi connectivity index (χ3n) is 3.58. The van der Waals surface area contributed by atoms with Gasteiger partial charge in [0.05, 0.1) is 17.9 Å². The first kappa shape index (κ1) is 14.0. The van der Waals surface area contributed by atoms with E-state index >= 15 is 0 Å². The summed E-state index contributed by atoms with van der Waals surface area (Å²) >= 11 is 0. The Labute approximate surface area is 135 Å². The number of hydrogen-bond acceptors (Lipinski definition) is 6. The summed E-state index contributed by atoms with van der Waals surface area (Å²) in [7, 11) is 0. The molecule has 1 aromatic carbocycles. The van der Waals surface area contributed by atoms with Crippen LogP contribution < -0.4 is 5.32 Å². The summed E-state index contributed by atoms with van der Waals surface area (Å²) in [6, 6.07) is 10.7. The van der Waals surface area contributed by atoms with E-state index in [9.17, 15) is 4.79 Å². The van der Waals surface area contributed by atoms with Gasteiger partial charge in [-0.3, -0.25) is 9.89 Å². The van der Waals surface area contributed by atoms with E-state index < -0.39 is 0 Å². The van der Waals surface area contributed by atoms with E-state index in [-0.39, 0.29) is 5.91 Å². The third-order valence-corrected chi connectivity index (χ3v) is 3.58. The van der Waals surface area contributed by atoms with Gasteiger partial charge in [-0.15, -0.1) is 5.10 Å². The topological polar surface area (TPSA) is 114 Å². The van der Waals surface area contributed by atoms with Crippen LogP contribution in [0.5, 0.6) is 0 Å². The Morgan fingerprint density at radius 1 is 1.21 bits per heavy atom. The van der Waals surface area contributed by atoms with Crippen molar-refractivity contribution in [1.82, 2.24) is 40.7 Å². The van der Waals surface area contributed by atoms with Gasteiger partial charge in [0.15, 0.2) is 5.65 Å². The fourth-order valence-electron chi connectivity index (χ4n) is 2.35. The molecule has 0 spiro atoms. The summed E-state index contributed by atoms with van der Waals surface area (Å²) in [6.07, 6.45) is 3.17. The zero-order valence-corrected chi connectivity index (χ0v) is 12.4. The number of carbonyl (C=O) groups is 1. The summed E-state index contributed by atoms with van der Waals surface area (Å²) < 4.78 is 1.52. The van der Waals surface area contributed by atoms with Gasteiger partial charge in [0.25, 0.3) is 5.91 Å². The minimum atomic E-state index is -0.176. The van der Waals surface area contributed by atoms with Gasteiger partial charge in [-0.2, -0.15) is 5.10 Å². The highest BCUT2D eigenvalue weighted by Crippen LogP contribution is 2.13. The number of pyridine rings is 1. The average molecular weight is 320 g/mol. The molecular weight excluding hydrogens is 308 g/mol. The van der Waals surface area contributed by atoms with Crippen molar-refractivity contribution in [3.63, 3.8) is 0 Å². The summed E-state index contributed by atoms with van der Waals surface area (Å²) in [5, 5.41) is 21.7. The molecule has 24 heavy (non-hydrogen) atoms. The Hall–Kier alpha value is -3.62. The summed E-state index contributed by atoms with van der Waals surface area (Å²) in [5.74, 6) is -0.176. The standard InChI is InChI=1S/C15H12N8O/c24-15(10-3-5-11(6-4-10)23-9-18-21-22-23)17-8-13-12-2-1-7-16-14(12)20-19-13/h1-7,9H,8H2,(H,17,24)(H,16,19,20). The molecule has 4 aromatic rings. The number of benzene rings is 1. The molecule has 0 aliphatic carbocycles. The van der Waals surface area contributed by atoms with Crippen molar-refractivity contribution >= 4 is 16.9 Å². The molecule has 2 N–H and O–H groups in total. The lowest BCUT2D eigenvalue weighted by molar-refractivity contribution is 0.0950. The van der Waals surface area contributed by atoms with Crippen molar-refractivity contribution in [2.75, 3.05) is 0 Å². The van der Waals surface area contributed by atoms with E-state index in [0.29, 0.717) is 17.8 Å². The molecule has 3 aromatic heterocycles. The van der Waals surface area contributed by atoms with E-state index in [4.69, 9.17) is 0 Å². The second-order valence-electron chi connectivity index (χ2n) is 5.06. The van der Waals surface area contributed by atoms with Crippen molar-refractivity contribution in [3.8, 4) is 5.69 Å². The van der Waals surface area contributed by atoms with E-state index in [1.165, 1.54) is 11.0 Å². The molecule has 0 unspecified atom stereocenters. The van der Waals surface area contributed by atoms with E-state index in [2.05, 4.69) is 36.0 Å². The first-order chi connectivity index (χ1) is 11.8. The zero-order chi connectivity index (χ0) is 16.4. The SMILES string of the molecule is O=C(NCc1[nH]nc2ncccc12)c1ccc(-n2cnnn2)cc1. The number of nitrogens with zero attached hydrogens (tertiary/aromatic N) is 6. The van der Waals surface area contributed by atoms with Crippen molar-refractivity contribution in [2.24, 2.45) is 0 Å². The van der Waals surface area contributed by atoms with Crippen molar-refractivity contribution in [2.45, 2.75) is 6.54 Å². The van der Waals surface area contributed by atoms with Gasteiger partial charge < -0.3 is 5.32 Å². The number of tetrazole rings is 1. The van der Waals surface area contributed by atoms with Crippen LogP contribution in [-0.4, -0.2) is 41.3 Å². The lowest BCUT2D eigenvalue weighted by Gasteiger charge is -2.05. The Kier molecular flexibility index (Phi) is 3.43. The van der Waals surface area contributed by atoms with Crippen LogP contribution in [0.2, 0.25) is 0 Å². The minimum Gasteiger partial charge on any atom is -0.346 e. The third kappa shape index (κ3) is 2.58. The van der Waals surface area contributed by atoms with Gasteiger partial charge in [-0.25, -0.2) is 9.67 Å². The van der Waals surface area contributed by atoms with Crippen LogP contribution in [0.1, 0.15) is 16.1 Å². The van der Waals surface area contributed by atoms with Gasteiger partial charge in [0, 0.05) is 17.1 Å². The van der Waals surface area contributed by atoms with Crippen LogP contribution in [0.15, 0.2) is 48.9 Å². The molecule has 3 heterocycles. The van der Waals surface area contributed by atoms with Crippen LogP contribution in [0.3, 0.4) is 0 Å². The maximum absolute atomic E-state index is 12.3. The molecule has 0 atom stereocenters. The van der Waals surface area contributed by atoms with Crippen LogP contribution in [0, 0.1) is 0 Å². The number of hydrogen-bond donors (Lipinski definition) is 2. The predicted molar refractivity (Wildman–Crippen MR) is 84.2 cm³/mol. The molecule has 0 saturated heterocycles. The molecule has 0 aliphatic heterocycles. The van der Waals surface area contributed by atoms with Gasteiger partial charge in [-0.1, -0.05) is 0 Å². The Balaban J connectivity index is 1.46. The summed E-state index contributed by atoms with van der Waals surface area (Å²) in [5.41, 5.74) is 2.78. The Bertz CT molecular complexity index is 974. The molecule has 0 saturated carbocycles. The Morgan fingerprint density at radius 2 is 2.08 bits per heavy atom. The van der Waals surface area contributed by atoms with Gasteiger partial charge in [0.1, 0.15) is 6.33 Å². The van der Waals surface area contributed by atoms with Gasteiger partial charge in [0.2, 0.25) is 0 Å². The van der Waals surface area contributed by atoms with Crippen molar-refractivity contribution < 1.29 is 4.79 Å². The van der Waals surface area contributed by atoms with E-state index in [0.717, 1.165) is 16.8 Å². The molecule has 1 amide bonds. The zero-order valence-electron chi connectivity index (χ0n) is 12.4. The fraction of sp³-hybridized carbons (Fsp3) is 0.0667. The van der Waals surface area contributed by atoms with Gasteiger partial charge in [-0.05, 0) is 46.8 Å². The van der Waals surface area contributed by atoms with Crippen LogP contribution in [0.25, 0.3) is 16.7 Å². The van der Waals surface area contributed by atoms with Crippen molar-refractivity contribution in [1.29, 1.82) is 0 Å². The van der Waals surface area contributed by atoms with Crippen LogP contribution in [0.4, 0.5) is 0 Å². The Morgan fingerprint density at radius 3 is 2.88 bits per heavy atom. The quantitative estimate of drug-likeness (QED) is 0.576. The smallest absolute Gasteiger partial charge is 0.251 e. The first-order valence-corrected chi connectivity index (χ1v) is 7.21. The normalized spacial score (nSPS) is 10.8. The second kappa shape index (κ2) is 5.88. The summed E-state index contributed by atoms with van der Waals surface area (Å²) in [4.78, 5) is 16.4. The molecule has 0 aliphatic rings. The second-order valence-corrected chi connectivity index (χ2v) is 5.06. The number of H-pyrrole nitrogens is 1. The highest BCUT2D eigenvalue weighted by Gasteiger charge is 2.09. The number of rotatable bonds is 4. The molecule has 0 radical (unpaired) electrons.